The van der Waals surface area contributed by atoms with Crippen LogP contribution in [-0.2, 0) is 0 Å². The minimum Gasteiger partial charge on any atom is -0.384 e. The Morgan fingerprint density at radius 1 is 1.29 bits per heavy atom. The van der Waals surface area contributed by atoms with E-state index in [4.69, 9.17) is 5.73 Å². The molecule has 1 saturated heterocycles. The molecule has 0 radical (unpaired) electrons. The van der Waals surface area contributed by atoms with Gasteiger partial charge in [0, 0.05) is 24.3 Å². The third kappa shape index (κ3) is 3.24. The van der Waals surface area contributed by atoms with Gasteiger partial charge < -0.3 is 15.2 Å². The van der Waals surface area contributed by atoms with Crippen LogP contribution < -0.4 is 5.73 Å². The number of hydrogen-bond donors (Lipinski definition) is 1. The summed E-state index contributed by atoms with van der Waals surface area (Å²) in [5, 5.41) is 0. The molecular formula is C16H23N5. The van der Waals surface area contributed by atoms with Gasteiger partial charge in [0.2, 0.25) is 0 Å². The standard InChI is InChI=1S/C16H23N5/c1-13(11-20-7-3-2-4-8-20)21-12-18-10-15(21)14-5-6-19-16(17)9-14/h5-6,9-10,12-13H,2-4,7-8,11H2,1H3,(H2,17,19). The van der Waals surface area contributed by atoms with Crippen LogP contribution in [0.2, 0.25) is 0 Å². The first-order valence-electron chi connectivity index (χ1n) is 7.70. The summed E-state index contributed by atoms with van der Waals surface area (Å²) in [4.78, 5) is 10.9. The third-order valence-electron chi connectivity index (χ3n) is 4.19. The largest absolute Gasteiger partial charge is 0.384 e. The van der Waals surface area contributed by atoms with Gasteiger partial charge in [-0.3, -0.25) is 0 Å². The number of hydrogen-bond acceptors (Lipinski definition) is 4. The zero-order valence-electron chi connectivity index (χ0n) is 12.6. The van der Waals surface area contributed by atoms with E-state index in [-0.39, 0.29) is 0 Å². The molecule has 0 saturated carbocycles. The van der Waals surface area contributed by atoms with Crippen molar-refractivity contribution in [1.82, 2.24) is 19.4 Å². The van der Waals surface area contributed by atoms with E-state index >= 15 is 0 Å². The van der Waals surface area contributed by atoms with Crippen molar-refractivity contribution >= 4 is 5.82 Å². The van der Waals surface area contributed by atoms with Crippen molar-refractivity contribution in [3.63, 3.8) is 0 Å². The molecule has 1 atom stereocenters. The summed E-state index contributed by atoms with van der Waals surface area (Å²) in [5.74, 6) is 0.545. The number of nitrogens with zero attached hydrogens (tertiary/aromatic N) is 4. The summed E-state index contributed by atoms with van der Waals surface area (Å²) in [6.45, 7) is 5.77. The van der Waals surface area contributed by atoms with Crippen LogP contribution in [0, 0.1) is 0 Å². The molecule has 0 spiro atoms. The van der Waals surface area contributed by atoms with E-state index in [1.165, 1.54) is 32.4 Å². The molecule has 1 aliphatic rings. The van der Waals surface area contributed by atoms with E-state index in [9.17, 15) is 0 Å². The van der Waals surface area contributed by atoms with Gasteiger partial charge in [0.15, 0.2) is 0 Å². The van der Waals surface area contributed by atoms with Crippen LogP contribution in [0.5, 0.6) is 0 Å². The van der Waals surface area contributed by atoms with Crippen molar-refractivity contribution in [2.45, 2.75) is 32.2 Å². The van der Waals surface area contributed by atoms with Crippen molar-refractivity contribution in [3.8, 4) is 11.3 Å². The lowest BCUT2D eigenvalue weighted by Gasteiger charge is -2.30. The van der Waals surface area contributed by atoms with E-state index in [1.54, 1.807) is 6.20 Å². The van der Waals surface area contributed by atoms with Crippen molar-refractivity contribution in [3.05, 3.63) is 30.9 Å². The minimum atomic E-state index is 0.398. The molecule has 5 nitrogen and oxygen atoms in total. The van der Waals surface area contributed by atoms with Gasteiger partial charge in [-0.2, -0.15) is 0 Å². The summed E-state index contributed by atoms with van der Waals surface area (Å²) < 4.78 is 2.24. The summed E-state index contributed by atoms with van der Waals surface area (Å²) in [5.41, 5.74) is 7.97. The Morgan fingerprint density at radius 3 is 2.86 bits per heavy atom. The Labute approximate surface area is 125 Å². The first-order valence-corrected chi connectivity index (χ1v) is 7.70. The quantitative estimate of drug-likeness (QED) is 0.938. The highest BCUT2D eigenvalue weighted by Crippen LogP contribution is 2.24. The number of aromatic nitrogens is 3. The Balaban J connectivity index is 1.78. The second kappa shape index (κ2) is 6.26. The molecule has 0 aromatic carbocycles. The number of imidazole rings is 1. The zero-order valence-corrected chi connectivity index (χ0v) is 12.6. The minimum absolute atomic E-state index is 0.398. The molecule has 21 heavy (non-hydrogen) atoms. The fraction of sp³-hybridized carbons (Fsp3) is 0.500. The molecule has 1 unspecified atom stereocenters. The fourth-order valence-corrected chi connectivity index (χ4v) is 3.09. The number of nitrogens with two attached hydrogens (primary N) is 1. The van der Waals surface area contributed by atoms with Crippen molar-refractivity contribution in [1.29, 1.82) is 0 Å². The van der Waals surface area contributed by atoms with Gasteiger partial charge in [-0.1, -0.05) is 6.42 Å². The maximum absolute atomic E-state index is 5.79. The normalized spacial score (nSPS) is 17.8. The van der Waals surface area contributed by atoms with Gasteiger partial charge in [-0.25, -0.2) is 9.97 Å². The molecule has 2 aromatic heterocycles. The maximum Gasteiger partial charge on any atom is 0.123 e. The molecule has 0 amide bonds. The Bertz CT molecular complexity index is 586. The lowest BCUT2D eigenvalue weighted by molar-refractivity contribution is 0.202. The van der Waals surface area contributed by atoms with E-state index in [0.29, 0.717) is 11.9 Å². The molecule has 2 N–H and O–H groups in total. The van der Waals surface area contributed by atoms with Crippen LogP contribution in [0.25, 0.3) is 11.3 Å². The van der Waals surface area contributed by atoms with E-state index in [1.807, 2.05) is 24.7 Å². The molecule has 3 heterocycles. The smallest absolute Gasteiger partial charge is 0.123 e. The van der Waals surface area contributed by atoms with Gasteiger partial charge >= 0.3 is 0 Å². The predicted molar refractivity (Wildman–Crippen MR) is 84.9 cm³/mol. The Morgan fingerprint density at radius 2 is 2.10 bits per heavy atom. The number of piperidine rings is 1. The highest BCUT2D eigenvalue weighted by Gasteiger charge is 2.17. The summed E-state index contributed by atoms with van der Waals surface area (Å²) in [7, 11) is 0. The number of likely N-dealkylation sites (tertiary alicyclic amines) is 1. The molecular weight excluding hydrogens is 262 g/mol. The number of nitrogen functional groups attached to an aromatic ring is 1. The average Bonchev–Trinajstić information content (AvgIpc) is 2.98. The molecule has 0 bridgehead atoms. The predicted octanol–water partition coefficient (Wildman–Crippen LogP) is 2.57. The molecule has 2 aromatic rings. The van der Waals surface area contributed by atoms with Crippen LogP contribution in [0.1, 0.15) is 32.2 Å². The third-order valence-corrected chi connectivity index (χ3v) is 4.19. The van der Waals surface area contributed by atoms with Crippen molar-refractivity contribution < 1.29 is 0 Å². The first-order chi connectivity index (χ1) is 10.2. The van der Waals surface area contributed by atoms with Gasteiger partial charge in [0.25, 0.3) is 0 Å². The second-order valence-electron chi connectivity index (χ2n) is 5.87. The lowest BCUT2D eigenvalue weighted by Crippen LogP contribution is -2.34. The maximum atomic E-state index is 5.79. The highest BCUT2D eigenvalue weighted by atomic mass is 15.2. The summed E-state index contributed by atoms with van der Waals surface area (Å²) in [6.07, 6.45) is 9.59. The zero-order chi connectivity index (χ0) is 14.7. The monoisotopic (exact) mass is 285 g/mol. The molecule has 112 valence electrons. The SMILES string of the molecule is CC(CN1CCCCC1)n1cncc1-c1ccnc(N)c1. The van der Waals surface area contributed by atoms with Gasteiger partial charge in [0.1, 0.15) is 5.82 Å². The van der Waals surface area contributed by atoms with Gasteiger partial charge in [0.05, 0.1) is 18.2 Å². The first kappa shape index (κ1) is 14.1. The highest BCUT2D eigenvalue weighted by molar-refractivity contribution is 5.61. The molecule has 5 heteroatoms. The number of rotatable bonds is 4. The van der Waals surface area contributed by atoms with E-state index in [2.05, 4.69) is 26.4 Å². The van der Waals surface area contributed by atoms with E-state index < -0.39 is 0 Å². The van der Waals surface area contributed by atoms with Crippen molar-refractivity contribution in [2.24, 2.45) is 0 Å². The lowest BCUT2D eigenvalue weighted by atomic mass is 10.1. The van der Waals surface area contributed by atoms with E-state index in [0.717, 1.165) is 17.8 Å². The summed E-state index contributed by atoms with van der Waals surface area (Å²) in [6, 6.07) is 4.29. The number of pyridine rings is 1. The molecule has 1 aliphatic heterocycles. The van der Waals surface area contributed by atoms with Gasteiger partial charge in [-0.15, -0.1) is 0 Å². The molecule has 1 fully saturated rings. The molecule has 3 rings (SSSR count). The second-order valence-corrected chi connectivity index (χ2v) is 5.87. The number of anilines is 1. The van der Waals surface area contributed by atoms with Crippen LogP contribution in [-0.4, -0.2) is 39.1 Å². The molecule has 0 aliphatic carbocycles. The van der Waals surface area contributed by atoms with Crippen LogP contribution in [0.3, 0.4) is 0 Å². The summed E-state index contributed by atoms with van der Waals surface area (Å²) >= 11 is 0. The van der Waals surface area contributed by atoms with Crippen LogP contribution in [0.4, 0.5) is 5.82 Å². The topological polar surface area (TPSA) is 60.0 Å². The van der Waals surface area contributed by atoms with Crippen LogP contribution in [0.15, 0.2) is 30.9 Å². The Kier molecular flexibility index (Phi) is 4.20. The van der Waals surface area contributed by atoms with Crippen molar-refractivity contribution in [2.75, 3.05) is 25.4 Å². The fourth-order valence-electron chi connectivity index (χ4n) is 3.09. The average molecular weight is 285 g/mol. The van der Waals surface area contributed by atoms with Crippen LogP contribution >= 0.6 is 0 Å². The van der Waals surface area contributed by atoms with Gasteiger partial charge in [-0.05, 0) is 45.0 Å². The Hall–Kier alpha value is -1.88.